The van der Waals surface area contributed by atoms with Crippen LogP contribution in [0.15, 0.2) is 41.0 Å². The van der Waals surface area contributed by atoms with Gasteiger partial charge in [0.1, 0.15) is 18.1 Å². The number of carbonyl (C=O) groups is 4. The van der Waals surface area contributed by atoms with Gasteiger partial charge in [-0.3, -0.25) is 29.4 Å². The molecule has 128 valence electrons. The van der Waals surface area contributed by atoms with Crippen molar-refractivity contribution >= 4 is 39.6 Å². The fourth-order valence-corrected chi connectivity index (χ4v) is 2.77. The van der Waals surface area contributed by atoms with E-state index in [1.54, 1.807) is 6.07 Å². The number of nitrogens with zero attached hydrogens (tertiary/aromatic N) is 2. The third-order valence-electron chi connectivity index (χ3n) is 3.64. The smallest absolute Gasteiger partial charge is 0.319 e. The number of imide groups is 2. The SMILES string of the molecule is O=C1Cn2cccc2C(=O)N(Cc2ccc(Br)cc2F)C(=O)C(=O)N1. The summed E-state index contributed by atoms with van der Waals surface area (Å²) in [5, 5.41) is 1.92. The lowest BCUT2D eigenvalue weighted by atomic mass is 10.2. The number of fused-ring (bicyclic) bond motifs is 1. The first-order valence-corrected chi connectivity index (χ1v) is 7.95. The Hall–Kier alpha value is -2.81. The molecule has 0 bridgehead atoms. The van der Waals surface area contributed by atoms with Crippen LogP contribution in [0.4, 0.5) is 4.39 Å². The van der Waals surface area contributed by atoms with Crippen LogP contribution in [0, 0.1) is 5.82 Å². The van der Waals surface area contributed by atoms with Gasteiger partial charge in [-0.1, -0.05) is 22.0 Å². The molecule has 0 atom stereocenters. The Kier molecular flexibility index (Phi) is 4.49. The highest BCUT2D eigenvalue weighted by Gasteiger charge is 2.33. The van der Waals surface area contributed by atoms with Crippen LogP contribution in [0.2, 0.25) is 0 Å². The van der Waals surface area contributed by atoms with E-state index < -0.39 is 36.0 Å². The van der Waals surface area contributed by atoms with Gasteiger partial charge in [0, 0.05) is 16.2 Å². The van der Waals surface area contributed by atoms with Gasteiger partial charge < -0.3 is 4.57 Å². The molecular formula is C16H11BrFN3O4. The van der Waals surface area contributed by atoms with Crippen molar-refractivity contribution in [2.45, 2.75) is 13.1 Å². The van der Waals surface area contributed by atoms with E-state index in [0.29, 0.717) is 9.37 Å². The Morgan fingerprint density at radius 2 is 1.88 bits per heavy atom. The van der Waals surface area contributed by atoms with Crippen LogP contribution in [-0.4, -0.2) is 33.1 Å². The van der Waals surface area contributed by atoms with Gasteiger partial charge in [0.2, 0.25) is 5.91 Å². The van der Waals surface area contributed by atoms with Crippen molar-refractivity contribution in [1.82, 2.24) is 14.8 Å². The van der Waals surface area contributed by atoms with Gasteiger partial charge >= 0.3 is 11.8 Å². The van der Waals surface area contributed by atoms with E-state index >= 15 is 0 Å². The number of halogens is 2. The minimum atomic E-state index is -1.23. The van der Waals surface area contributed by atoms with Crippen molar-refractivity contribution in [3.05, 3.63) is 58.1 Å². The zero-order chi connectivity index (χ0) is 18.1. The van der Waals surface area contributed by atoms with E-state index in [1.807, 2.05) is 5.32 Å². The lowest BCUT2D eigenvalue weighted by molar-refractivity contribution is -0.146. The van der Waals surface area contributed by atoms with Gasteiger partial charge in [-0.15, -0.1) is 0 Å². The molecule has 1 aliphatic heterocycles. The van der Waals surface area contributed by atoms with Crippen molar-refractivity contribution in [1.29, 1.82) is 0 Å². The number of benzene rings is 1. The molecule has 9 heteroatoms. The molecule has 1 aromatic carbocycles. The van der Waals surface area contributed by atoms with E-state index in [4.69, 9.17) is 0 Å². The predicted octanol–water partition coefficient (Wildman–Crippen LogP) is 1.22. The molecule has 0 saturated heterocycles. The molecule has 0 spiro atoms. The molecule has 1 aromatic heterocycles. The van der Waals surface area contributed by atoms with Crippen LogP contribution in [-0.2, 0) is 27.5 Å². The van der Waals surface area contributed by atoms with Crippen molar-refractivity contribution in [3.63, 3.8) is 0 Å². The minimum Gasteiger partial charge on any atom is -0.334 e. The van der Waals surface area contributed by atoms with Crippen LogP contribution in [0.25, 0.3) is 0 Å². The fraction of sp³-hybridized carbons (Fsp3) is 0.125. The Bertz CT molecular complexity index is 909. The van der Waals surface area contributed by atoms with Gasteiger partial charge in [-0.2, -0.15) is 0 Å². The Morgan fingerprint density at radius 1 is 1.12 bits per heavy atom. The largest absolute Gasteiger partial charge is 0.334 e. The van der Waals surface area contributed by atoms with E-state index in [9.17, 15) is 23.6 Å². The molecule has 0 saturated carbocycles. The normalized spacial score (nSPS) is 15.4. The topological polar surface area (TPSA) is 88.5 Å². The van der Waals surface area contributed by atoms with Crippen LogP contribution >= 0.6 is 15.9 Å². The van der Waals surface area contributed by atoms with Crippen molar-refractivity contribution in [2.75, 3.05) is 0 Å². The summed E-state index contributed by atoms with van der Waals surface area (Å²) in [6.45, 7) is -0.725. The van der Waals surface area contributed by atoms with E-state index in [0.717, 1.165) is 0 Å². The summed E-state index contributed by atoms with van der Waals surface area (Å²) in [7, 11) is 0. The summed E-state index contributed by atoms with van der Waals surface area (Å²) >= 11 is 3.12. The predicted molar refractivity (Wildman–Crippen MR) is 86.6 cm³/mol. The maximum atomic E-state index is 14.1. The average molecular weight is 408 g/mol. The highest BCUT2D eigenvalue weighted by atomic mass is 79.9. The zero-order valence-corrected chi connectivity index (χ0v) is 14.2. The summed E-state index contributed by atoms with van der Waals surface area (Å²) in [6.07, 6.45) is 1.48. The molecular weight excluding hydrogens is 397 g/mol. The quantitative estimate of drug-likeness (QED) is 0.598. The summed E-state index contributed by atoms with van der Waals surface area (Å²) in [5.74, 6) is -4.61. The highest BCUT2D eigenvalue weighted by molar-refractivity contribution is 9.10. The number of hydrogen-bond donors (Lipinski definition) is 1. The number of nitrogens with one attached hydrogen (secondary N) is 1. The van der Waals surface area contributed by atoms with Crippen LogP contribution < -0.4 is 5.32 Å². The molecule has 1 aliphatic rings. The Labute approximate surface area is 149 Å². The molecule has 7 nitrogen and oxygen atoms in total. The molecule has 1 N–H and O–H groups in total. The molecule has 3 rings (SSSR count). The fourth-order valence-electron chi connectivity index (χ4n) is 2.44. The molecule has 4 amide bonds. The second-order valence-corrected chi connectivity index (χ2v) is 6.25. The Morgan fingerprint density at radius 3 is 2.60 bits per heavy atom. The monoisotopic (exact) mass is 407 g/mol. The van der Waals surface area contributed by atoms with Crippen LogP contribution in [0.3, 0.4) is 0 Å². The zero-order valence-electron chi connectivity index (χ0n) is 12.7. The summed E-state index contributed by atoms with van der Waals surface area (Å²) in [5.41, 5.74) is 0.108. The maximum absolute atomic E-state index is 14.1. The summed E-state index contributed by atoms with van der Waals surface area (Å²) in [4.78, 5) is 49.3. The first-order valence-electron chi connectivity index (χ1n) is 7.16. The van der Waals surface area contributed by atoms with Gasteiger partial charge in [0.15, 0.2) is 0 Å². The number of carbonyl (C=O) groups excluding carboxylic acids is 4. The summed E-state index contributed by atoms with van der Waals surface area (Å²) in [6, 6.07) is 7.09. The Balaban J connectivity index is 2.03. The molecule has 25 heavy (non-hydrogen) atoms. The van der Waals surface area contributed by atoms with Crippen molar-refractivity contribution < 1.29 is 23.6 Å². The number of rotatable bonds is 2. The standard InChI is InChI=1S/C16H11BrFN3O4/c17-10-4-3-9(11(18)6-10)7-21-15(24)12-2-1-5-20(12)8-13(22)19-14(23)16(21)25/h1-6H,7-8H2,(H,19,22,23). The maximum Gasteiger partial charge on any atom is 0.319 e. The van der Waals surface area contributed by atoms with E-state index in [1.165, 1.54) is 35.0 Å². The number of amides is 4. The second-order valence-electron chi connectivity index (χ2n) is 5.33. The number of aromatic nitrogens is 1. The van der Waals surface area contributed by atoms with Gasteiger partial charge in [-0.05, 0) is 24.3 Å². The number of hydrogen-bond acceptors (Lipinski definition) is 4. The summed E-state index contributed by atoms with van der Waals surface area (Å²) < 4.78 is 15.9. The second kappa shape index (κ2) is 6.60. The molecule has 2 aromatic rings. The first-order chi connectivity index (χ1) is 11.9. The minimum absolute atomic E-state index is 0.0516. The van der Waals surface area contributed by atoms with Gasteiger partial charge in [0.25, 0.3) is 5.91 Å². The lowest BCUT2D eigenvalue weighted by Gasteiger charge is -2.20. The molecule has 0 aliphatic carbocycles. The van der Waals surface area contributed by atoms with Crippen LogP contribution in [0.5, 0.6) is 0 Å². The molecule has 0 radical (unpaired) electrons. The third kappa shape index (κ3) is 3.36. The molecule has 2 heterocycles. The van der Waals surface area contributed by atoms with E-state index in [-0.39, 0.29) is 17.8 Å². The van der Waals surface area contributed by atoms with Gasteiger partial charge in [0.05, 0.1) is 6.54 Å². The van der Waals surface area contributed by atoms with Crippen LogP contribution in [0.1, 0.15) is 16.1 Å². The van der Waals surface area contributed by atoms with Crippen molar-refractivity contribution in [2.24, 2.45) is 0 Å². The highest BCUT2D eigenvalue weighted by Crippen LogP contribution is 2.19. The van der Waals surface area contributed by atoms with E-state index in [2.05, 4.69) is 15.9 Å². The first kappa shape index (κ1) is 17.0. The van der Waals surface area contributed by atoms with Crippen molar-refractivity contribution in [3.8, 4) is 0 Å². The lowest BCUT2D eigenvalue weighted by Crippen LogP contribution is -2.46. The molecule has 0 fully saturated rings. The average Bonchev–Trinajstić information content (AvgIpc) is 3.00. The molecule has 0 unspecified atom stereocenters. The van der Waals surface area contributed by atoms with Gasteiger partial charge in [-0.25, -0.2) is 4.39 Å². The third-order valence-corrected chi connectivity index (χ3v) is 4.14.